The summed E-state index contributed by atoms with van der Waals surface area (Å²) in [6.07, 6.45) is -0.462. The number of Topliss-reactive ketones (excluding diaryl/α,β-unsaturated/α-hetero) is 1. The third-order valence-electron chi connectivity index (χ3n) is 5.29. The van der Waals surface area contributed by atoms with Crippen molar-refractivity contribution in [2.75, 3.05) is 13.7 Å². The van der Waals surface area contributed by atoms with Gasteiger partial charge >= 0.3 is 5.97 Å². The van der Waals surface area contributed by atoms with Gasteiger partial charge in [0, 0.05) is 31.3 Å². The lowest BCUT2D eigenvalue weighted by molar-refractivity contribution is -0.150. The molecule has 5 unspecified atom stereocenters. The molecule has 1 aliphatic carbocycles. The molecule has 8 heteroatoms. The highest BCUT2D eigenvalue weighted by molar-refractivity contribution is 5.93. The van der Waals surface area contributed by atoms with E-state index in [0.717, 1.165) is 6.26 Å². The van der Waals surface area contributed by atoms with Crippen LogP contribution in [0.1, 0.15) is 25.0 Å². The Morgan fingerprint density at radius 3 is 2.74 bits per heavy atom. The van der Waals surface area contributed by atoms with Crippen molar-refractivity contribution in [2.24, 2.45) is 17.8 Å². The van der Waals surface area contributed by atoms with Crippen LogP contribution in [0.2, 0.25) is 0 Å². The lowest BCUT2D eigenvalue weighted by atomic mass is 9.83. The molecule has 0 amide bonds. The second-order valence-corrected chi connectivity index (χ2v) is 6.81. The monoisotopic (exact) mass is 378 g/mol. The molecule has 1 saturated carbocycles. The Morgan fingerprint density at radius 1 is 1.33 bits per heavy atom. The van der Waals surface area contributed by atoms with Crippen LogP contribution >= 0.6 is 0 Å². The van der Waals surface area contributed by atoms with E-state index in [4.69, 9.17) is 14.2 Å². The molecule has 146 valence electrons. The van der Waals surface area contributed by atoms with Gasteiger partial charge in [0.05, 0.1) is 11.8 Å². The number of methoxy groups -OCH3 is 1. The van der Waals surface area contributed by atoms with Gasteiger partial charge in [-0.05, 0) is 17.7 Å². The first-order valence-corrected chi connectivity index (χ1v) is 8.61. The number of benzene rings is 1. The minimum absolute atomic E-state index is 0.0254. The normalized spacial score (nSPS) is 28.1. The van der Waals surface area contributed by atoms with Crippen LogP contribution in [0.5, 0.6) is 11.5 Å². The number of hydrogen-bond donors (Lipinski definition) is 3. The summed E-state index contributed by atoms with van der Waals surface area (Å²) in [7, 11) is 1.43. The molecule has 8 nitrogen and oxygen atoms in total. The van der Waals surface area contributed by atoms with Crippen LogP contribution in [0.3, 0.4) is 0 Å². The molecule has 27 heavy (non-hydrogen) atoms. The van der Waals surface area contributed by atoms with Gasteiger partial charge in [-0.3, -0.25) is 4.79 Å². The second-order valence-electron chi connectivity index (χ2n) is 6.81. The number of aromatic hydroxyl groups is 2. The molecule has 1 heterocycles. The van der Waals surface area contributed by atoms with E-state index in [1.54, 1.807) is 13.0 Å². The summed E-state index contributed by atoms with van der Waals surface area (Å²) in [4.78, 5) is 24.5. The van der Waals surface area contributed by atoms with Crippen molar-refractivity contribution < 1.29 is 39.1 Å². The van der Waals surface area contributed by atoms with Gasteiger partial charge < -0.3 is 29.5 Å². The number of hydrogen-bond acceptors (Lipinski definition) is 8. The van der Waals surface area contributed by atoms with E-state index >= 15 is 0 Å². The predicted octanol–water partition coefficient (Wildman–Crippen LogP) is 1.40. The van der Waals surface area contributed by atoms with Crippen molar-refractivity contribution in [1.82, 2.24) is 0 Å². The molecule has 1 fully saturated rings. The zero-order valence-corrected chi connectivity index (χ0v) is 15.0. The minimum atomic E-state index is -1.13. The Hall–Kier alpha value is -2.58. The van der Waals surface area contributed by atoms with Gasteiger partial charge in [-0.25, -0.2) is 4.79 Å². The summed E-state index contributed by atoms with van der Waals surface area (Å²) in [6.45, 7) is 1.58. The molecule has 2 aliphatic rings. The number of phenols is 2. The molecule has 1 aromatic carbocycles. The van der Waals surface area contributed by atoms with Crippen LogP contribution < -0.4 is 0 Å². The number of aliphatic hydroxyl groups excluding tert-OH is 1. The Kier molecular flexibility index (Phi) is 5.38. The van der Waals surface area contributed by atoms with Gasteiger partial charge in [-0.1, -0.05) is 13.0 Å². The highest BCUT2D eigenvalue weighted by Crippen LogP contribution is 2.44. The fraction of sp³-hybridized carbons (Fsp3) is 0.474. The number of carbonyl (C=O) groups excluding carboxylic acids is 2. The molecular weight excluding hydrogens is 356 g/mol. The Balaban J connectivity index is 1.69. The molecule has 0 spiro atoms. The average Bonchev–Trinajstić information content (AvgIpc) is 2.94. The summed E-state index contributed by atoms with van der Waals surface area (Å²) in [5, 5.41) is 29.0. The van der Waals surface area contributed by atoms with Crippen molar-refractivity contribution in [1.29, 1.82) is 0 Å². The Morgan fingerprint density at radius 2 is 2.07 bits per heavy atom. The van der Waals surface area contributed by atoms with Gasteiger partial charge in [0.15, 0.2) is 11.5 Å². The van der Waals surface area contributed by atoms with Crippen LogP contribution in [-0.4, -0.2) is 47.1 Å². The van der Waals surface area contributed by atoms with Gasteiger partial charge in [0.2, 0.25) is 6.29 Å². The highest BCUT2D eigenvalue weighted by Gasteiger charge is 2.50. The maximum atomic E-state index is 12.5. The first-order chi connectivity index (χ1) is 12.8. The van der Waals surface area contributed by atoms with Gasteiger partial charge in [-0.2, -0.15) is 0 Å². The fourth-order valence-corrected chi connectivity index (χ4v) is 3.66. The summed E-state index contributed by atoms with van der Waals surface area (Å²) >= 11 is 0. The third kappa shape index (κ3) is 3.63. The molecule has 5 atom stereocenters. The van der Waals surface area contributed by atoms with E-state index in [1.165, 1.54) is 19.2 Å². The van der Waals surface area contributed by atoms with Crippen LogP contribution in [0, 0.1) is 17.8 Å². The van der Waals surface area contributed by atoms with Gasteiger partial charge in [0.25, 0.3) is 0 Å². The van der Waals surface area contributed by atoms with Gasteiger partial charge in [0.1, 0.15) is 18.5 Å². The summed E-state index contributed by atoms with van der Waals surface area (Å²) < 4.78 is 15.8. The molecular formula is C19H22O8. The zero-order chi connectivity index (χ0) is 19.7. The smallest absolute Gasteiger partial charge is 0.337 e. The largest absolute Gasteiger partial charge is 0.504 e. The maximum absolute atomic E-state index is 12.5. The molecule has 0 bridgehead atoms. The van der Waals surface area contributed by atoms with E-state index in [-0.39, 0.29) is 35.9 Å². The average molecular weight is 378 g/mol. The maximum Gasteiger partial charge on any atom is 0.337 e. The first-order valence-electron chi connectivity index (χ1n) is 8.61. The number of rotatable bonds is 5. The lowest BCUT2D eigenvalue weighted by Crippen LogP contribution is -2.36. The third-order valence-corrected chi connectivity index (χ3v) is 5.29. The lowest BCUT2D eigenvalue weighted by Gasteiger charge is -2.31. The van der Waals surface area contributed by atoms with Crippen molar-refractivity contribution in [2.45, 2.75) is 25.7 Å². The second kappa shape index (κ2) is 7.58. The number of fused-ring (bicyclic) bond motifs is 1. The quantitative estimate of drug-likeness (QED) is 0.519. The topological polar surface area (TPSA) is 123 Å². The minimum Gasteiger partial charge on any atom is -0.504 e. The molecule has 1 aliphatic heterocycles. The zero-order valence-electron chi connectivity index (χ0n) is 15.0. The van der Waals surface area contributed by atoms with E-state index in [0.29, 0.717) is 5.56 Å². The van der Waals surface area contributed by atoms with E-state index in [2.05, 4.69) is 0 Å². The molecule has 0 saturated heterocycles. The molecule has 0 aromatic heterocycles. The van der Waals surface area contributed by atoms with Gasteiger partial charge in [-0.15, -0.1) is 0 Å². The standard InChI is InChI=1S/C19H22O8/c1-9-14(21)6-11-12(7-26-19(24)17(9)11)18(23)27-8-16(25-2)10-3-4-13(20)15(22)5-10/h3-5,7,9,11,16-17,19-20,22,24H,6,8H2,1-2H3. The van der Waals surface area contributed by atoms with Crippen molar-refractivity contribution in [3.63, 3.8) is 0 Å². The molecule has 0 radical (unpaired) electrons. The number of aliphatic hydroxyl groups is 1. The van der Waals surface area contributed by atoms with Crippen LogP contribution in [0.25, 0.3) is 0 Å². The van der Waals surface area contributed by atoms with Crippen LogP contribution in [0.4, 0.5) is 0 Å². The van der Waals surface area contributed by atoms with E-state index in [1.807, 2.05) is 0 Å². The SMILES string of the molecule is COC(COC(=O)C1=COC(O)C2C(C)C(=O)CC12)c1ccc(O)c(O)c1. The number of ether oxygens (including phenoxy) is 3. The molecule has 3 N–H and O–H groups in total. The van der Waals surface area contributed by atoms with Crippen molar-refractivity contribution in [3.05, 3.63) is 35.6 Å². The number of ketones is 1. The first kappa shape index (κ1) is 19.2. The van der Waals surface area contributed by atoms with E-state index in [9.17, 15) is 24.9 Å². The Labute approximate surface area is 156 Å². The summed E-state index contributed by atoms with van der Waals surface area (Å²) in [5.74, 6) is -2.56. The number of esters is 1. The van der Waals surface area contributed by atoms with Crippen LogP contribution in [-0.2, 0) is 23.8 Å². The summed E-state index contributed by atoms with van der Waals surface area (Å²) in [6, 6.07) is 4.18. The molecule has 1 aromatic rings. The van der Waals surface area contributed by atoms with Crippen molar-refractivity contribution in [3.8, 4) is 11.5 Å². The highest BCUT2D eigenvalue weighted by atomic mass is 16.6. The van der Waals surface area contributed by atoms with Crippen molar-refractivity contribution >= 4 is 11.8 Å². The number of carbonyl (C=O) groups is 2. The number of phenolic OH excluding ortho intramolecular Hbond substituents is 2. The summed E-state index contributed by atoms with van der Waals surface area (Å²) in [5.41, 5.74) is 0.735. The Bertz CT molecular complexity index is 771. The fourth-order valence-electron chi connectivity index (χ4n) is 3.66. The van der Waals surface area contributed by atoms with Crippen LogP contribution in [0.15, 0.2) is 30.0 Å². The molecule has 3 rings (SSSR count). The van der Waals surface area contributed by atoms with E-state index < -0.39 is 36.1 Å². The predicted molar refractivity (Wildman–Crippen MR) is 91.4 cm³/mol.